The number of hydrogen-bond acceptors (Lipinski definition) is 4. The summed E-state index contributed by atoms with van der Waals surface area (Å²) in [5.74, 6) is 1.78. The summed E-state index contributed by atoms with van der Waals surface area (Å²) in [7, 11) is 0. The van der Waals surface area contributed by atoms with E-state index in [9.17, 15) is 0 Å². The van der Waals surface area contributed by atoms with Crippen molar-refractivity contribution in [1.29, 1.82) is 0 Å². The molecule has 0 amide bonds. The Bertz CT molecular complexity index is 573. The van der Waals surface area contributed by atoms with Gasteiger partial charge in [0.25, 0.3) is 0 Å². The molecule has 0 aromatic carbocycles. The fraction of sp³-hybridized carbons (Fsp3) is 0.471. The average molecular weight is 284 g/mol. The van der Waals surface area contributed by atoms with Gasteiger partial charge < -0.3 is 5.32 Å². The number of rotatable bonds is 5. The summed E-state index contributed by atoms with van der Waals surface area (Å²) in [5.41, 5.74) is 1.97. The van der Waals surface area contributed by atoms with Crippen LogP contribution in [0.15, 0.2) is 30.5 Å². The van der Waals surface area contributed by atoms with Gasteiger partial charge in [-0.05, 0) is 18.6 Å². The van der Waals surface area contributed by atoms with E-state index in [1.54, 1.807) is 0 Å². The highest BCUT2D eigenvalue weighted by Gasteiger charge is 2.19. The van der Waals surface area contributed by atoms with Gasteiger partial charge in [-0.15, -0.1) is 0 Å². The van der Waals surface area contributed by atoms with Gasteiger partial charge in [0.05, 0.1) is 5.69 Å². The van der Waals surface area contributed by atoms with Crippen LogP contribution in [0.1, 0.15) is 51.3 Å². The zero-order valence-electron chi connectivity index (χ0n) is 13.3. The van der Waals surface area contributed by atoms with E-state index in [1.165, 1.54) is 0 Å². The normalized spacial score (nSPS) is 11.4. The summed E-state index contributed by atoms with van der Waals surface area (Å²) in [4.78, 5) is 13.7. The minimum atomic E-state index is -0.0667. The molecule has 1 N–H and O–H groups in total. The molecule has 0 bridgehead atoms. The third-order valence-corrected chi connectivity index (χ3v) is 3.09. The zero-order chi connectivity index (χ0) is 15.3. The van der Waals surface area contributed by atoms with E-state index in [0.717, 1.165) is 42.4 Å². The molecule has 0 aliphatic heterocycles. The second-order valence-corrected chi connectivity index (χ2v) is 6.24. The molecule has 0 spiro atoms. The van der Waals surface area contributed by atoms with E-state index in [4.69, 9.17) is 4.98 Å². The molecule has 0 fully saturated rings. The van der Waals surface area contributed by atoms with Crippen molar-refractivity contribution in [3.63, 3.8) is 0 Å². The molecule has 0 saturated heterocycles. The molecule has 0 saturated carbocycles. The minimum absolute atomic E-state index is 0.0667. The Balaban J connectivity index is 2.30. The fourth-order valence-electron chi connectivity index (χ4n) is 1.96. The van der Waals surface area contributed by atoms with Gasteiger partial charge in [-0.25, -0.2) is 9.97 Å². The van der Waals surface area contributed by atoms with Gasteiger partial charge >= 0.3 is 0 Å². The topological polar surface area (TPSA) is 50.7 Å². The lowest BCUT2D eigenvalue weighted by Crippen LogP contribution is -2.18. The predicted octanol–water partition coefficient (Wildman–Crippen LogP) is 3.58. The van der Waals surface area contributed by atoms with Gasteiger partial charge in [-0.2, -0.15) is 0 Å². The molecule has 2 aromatic heterocycles. The first kappa shape index (κ1) is 15.4. The molecule has 0 aliphatic carbocycles. The first-order valence-electron chi connectivity index (χ1n) is 7.51. The maximum atomic E-state index is 4.72. The third kappa shape index (κ3) is 4.52. The molecule has 0 unspecified atom stereocenters. The number of nitrogens with one attached hydrogen (secondary N) is 1. The first-order chi connectivity index (χ1) is 9.99. The average Bonchev–Trinajstić information content (AvgIpc) is 2.45. The second kappa shape index (κ2) is 6.66. The highest BCUT2D eigenvalue weighted by Crippen LogP contribution is 2.21. The summed E-state index contributed by atoms with van der Waals surface area (Å²) in [5, 5.41) is 3.36. The predicted molar refractivity (Wildman–Crippen MR) is 86.6 cm³/mol. The molecular formula is C17H24N4. The van der Waals surface area contributed by atoms with Gasteiger partial charge in [0.1, 0.15) is 11.6 Å². The van der Waals surface area contributed by atoms with E-state index in [0.29, 0.717) is 0 Å². The summed E-state index contributed by atoms with van der Waals surface area (Å²) in [6.45, 7) is 9.47. The largest absolute Gasteiger partial charge is 0.370 e. The monoisotopic (exact) mass is 284 g/mol. The first-order valence-corrected chi connectivity index (χ1v) is 7.51. The fourth-order valence-corrected chi connectivity index (χ4v) is 1.96. The van der Waals surface area contributed by atoms with Crippen LogP contribution in [0.25, 0.3) is 0 Å². The SMILES string of the molecule is CCCNc1cc(Cc2ccccn2)nc(C(C)(C)C)n1. The quantitative estimate of drug-likeness (QED) is 0.911. The summed E-state index contributed by atoms with van der Waals surface area (Å²) in [6, 6.07) is 7.99. The minimum Gasteiger partial charge on any atom is -0.370 e. The Labute approximate surface area is 127 Å². The summed E-state index contributed by atoms with van der Waals surface area (Å²) < 4.78 is 0. The molecule has 21 heavy (non-hydrogen) atoms. The second-order valence-electron chi connectivity index (χ2n) is 6.24. The number of anilines is 1. The van der Waals surface area contributed by atoms with E-state index >= 15 is 0 Å². The van der Waals surface area contributed by atoms with E-state index in [-0.39, 0.29) is 5.41 Å². The standard InChI is InChI=1S/C17H24N4/c1-5-9-19-15-12-14(11-13-8-6-7-10-18-13)20-16(21-15)17(2,3)4/h6-8,10,12H,5,9,11H2,1-4H3,(H,19,20,21). The van der Waals surface area contributed by atoms with Gasteiger partial charge in [0.2, 0.25) is 0 Å². The number of pyridine rings is 1. The van der Waals surface area contributed by atoms with Crippen molar-refractivity contribution < 1.29 is 0 Å². The Kier molecular flexibility index (Phi) is 4.89. The molecule has 0 radical (unpaired) electrons. The molecule has 112 valence electrons. The number of nitrogens with zero attached hydrogens (tertiary/aromatic N) is 3. The van der Waals surface area contributed by atoms with Gasteiger partial charge in [0.15, 0.2) is 0 Å². The van der Waals surface area contributed by atoms with Crippen molar-refractivity contribution in [2.45, 2.75) is 46.0 Å². The Morgan fingerprint density at radius 3 is 2.52 bits per heavy atom. The van der Waals surface area contributed by atoms with Crippen LogP contribution in [0.5, 0.6) is 0 Å². The van der Waals surface area contributed by atoms with Crippen molar-refractivity contribution >= 4 is 5.82 Å². The maximum absolute atomic E-state index is 4.72. The van der Waals surface area contributed by atoms with Crippen LogP contribution in [-0.4, -0.2) is 21.5 Å². The lowest BCUT2D eigenvalue weighted by atomic mass is 9.95. The van der Waals surface area contributed by atoms with Crippen molar-refractivity contribution in [1.82, 2.24) is 15.0 Å². The number of aromatic nitrogens is 3. The van der Waals surface area contributed by atoms with Crippen LogP contribution in [0, 0.1) is 0 Å². The van der Waals surface area contributed by atoms with E-state index in [2.05, 4.69) is 43.0 Å². The third-order valence-electron chi connectivity index (χ3n) is 3.09. The van der Waals surface area contributed by atoms with Crippen molar-refractivity contribution in [3.8, 4) is 0 Å². The van der Waals surface area contributed by atoms with Crippen LogP contribution >= 0.6 is 0 Å². The Hall–Kier alpha value is -1.97. The lowest BCUT2D eigenvalue weighted by Gasteiger charge is -2.19. The molecule has 0 atom stereocenters. The summed E-state index contributed by atoms with van der Waals surface area (Å²) in [6.07, 6.45) is 3.62. The van der Waals surface area contributed by atoms with Crippen LogP contribution in [-0.2, 0) is 11.8 Å². The smallest absolute Gasteiger partial charge is 0.136 e. The van der Waals surface area contributed by atoms with Crippen LogP contribution in [0.2, 0.25) is 0 Å². The van der Waals surface area contributed by atoms with Gasteiger partial charge in [-0.1, -0.05) is 33.8 Å². The Morgan fingerprint density at radius 2 is 1.90 bits per heavy atom. The molecule has 0 aliphatic rings. The molecule has 2 rings (SSSR count). The summed E-state index contributed by atoms with van der Waals surface area (Å²) >= 11 is 0. The van der Waals surface area contributed by atoms with Crippen LogP contribution in [0.3, 0.4) is 0 Å². The highest BCUT2D eigenvalue weighted by molar-refractivity contribution is 5.38. The van der Waals surface area contributed by atoms with Crippen molar-refractivity contribution in [3.05, 3.63) is 47.7 Å². The number of hydrogen-bond donors (Lipinski definition) is 1. The zero-order valence-corrected chi connectivity index (χ0v) is 13.3. The van der Waals surface area contributed by atoms with Gasteiger partial charge in [0, 0.05) is 36.3 Å². The van der Waals surface area contributed by atoms with E-state index < -0.39 is 0 Å². The van der Waals surface area contributed by atoms with Gasteiger partial charge in [-0.3, -0.25) is 4.98 Å². The van der Waals surface area contributed by atoms with Crippen LogP contribution < -0.4 is 5.32 Å². The van der Waals surface area contributed by atoms with Crippen molar-refractivity contribution in [2.24, 2.45) is 0 Å². The molecule has 4 nitrogen and oxygen atoms in total. The lowest BCUT2D eigenvalue weighted by molar-refractivity contribution is 0.542. The maximum Gasteiger partial charge on any atom is 0.136 e. The molecule has 2 aromatic rings. The molecule has 4 heteroatoms. The van der Waals surface area contributed by atoms with Crippen LogP contribution in [0.4, 0.5) is 5.82 Å². The Morgan fingerprint density at radius 1 is 1.10 bits per heavy atom. The molecule has 2 heterocycles. The van der Waals surface area contributed by atoms with E-state index in [1.807, 2.05) is 30.5 Å². The molecular weight excluding hydrogens is 260 g/mol. The highest BCUT2D eigenvalue weighted by atomic mass is 15.0. The van der Waals surface area contributed by atoms with Crippen molar-refractivity contribution in [2.75, 3.05) is 11.9 Å².